The fourth-order valence-electron chi connectivity index (χ4n) is 2.37. The van der Waals surface area contributed by atoms with Gasteiger partial charge in [0.05, 0.1) is 0 Å². The van der Waals surface area contributed by atoms with Gasteiger partial charge in [0.25, 0.3) is 0 Å². The van der Waals surface area contributed by atoms with E-state index in [0.29, 0.717) is 0 Å². The Bertz CT molecular complexity index is 501. The zero-order chi connectivity index (χ0) is 15.2. The molecular formula is C15H19Br2N3O. The lowest BCUT2D eigenvalue weighted by molar-refractivity contribution is 0.212. The van der Waals surface area contributed by atoms with Crippen LogP contribution in [0.15, 0.2) is 39.8 Å². The summed E-state index contributed by atoms with van der Waals surface area (Å²) in [7, 11) is 0. The maximum Gasteiger partial charge on any atom is 0.321 e. The number of carbonyl (C=O) groups is 1. The quantitative estimate of drug-likeness (QED) is 0.757. The van der Waals surface area contributed by atoms with Gasteiger partial charge in [-0.15, -0.1) is 6.58 Å². The van der Waals surface area contributed by atoms with Gasteiger partial charge in [-0.1, -0.05) is 37.9 Å². The third kappa shape index (κ3) is 5.13. The minimum atomic E-state index is -0.0412. The van der Waals surface area contributed by atoms with Gasteiger partial charge in [0.15, 0.2) is 0 Å². The fourth-order valence-corrected chi connectivity index (χ4v) is 3.66. The fraction of sp³-hybridized carbons (Fsp3) is 0.400. The second-order valence-electron chi connectivity index (χ2n) is 5.02. The Labute approximate surface area is 142 Å². The smallest absolute Gasteiger partial charge is 0.321 e. The summed E-state index contributed by atoms with van der Waals surface area (Å²) in [6.45, 7) is 8.09. The number of carbonyl (C=O) groups excluding carboxylic acids is 1. The number of nitrogens with one attached hydrogen (secondary N) is 1. The van der Waals surface area contributed by atoms with Gasteiger partial charge in [-0.2, -0.15) is 0 Å². The SMILES string of the molecule is C=CCN1CCCN(C(=O)Nc2cc(Br)cc(Br)c2)CC1. The standard InChI is InChI=1S/C15H19Br2N3O/c1-2-4-19-5-3-6-20(8-7-19)15(21)18-14-10-12(16)9-13(17)11-14/h2,9-11H,1,3-8H2,(H,18,21). The van der Waals surface area contributed by atoms with Crippen LogP contribution in [0.2, 0.25) is 0 Å². The molecule has 2 amide bonds. The van der Waals surface area contributed by atoms with E-state index in [2.05, 4.69) is 48.7 Å². The van der Waals surface area contributed by atoms with E-state index in [-0.39, 0.29) is 6.03 Å². The van der Waals surface area contributed by atoms with Crippen molar-refractivity contribution in [1.29, 1.82) is 0 Å². The molecule has 1 aromatic carbocycles. The lowest BCUT2D eigenvalue weighted by Gasteiger charge is -2.21. The van der Waals surface area contributed by atoms with Gasteiger partial charge in [-0.3, -0.25) is 4.90 Å². The molecule has 6 heteroatoms. The van der Waals surface area contributed by atoms with E-state index < -0.39 is 0 Å². The molecule has 0 saturated carbocycles. The van der Waals surface area contributed by atoms with Crippen molar-refractivity contribution in [1.82, 2.24) is 9.80 Å². The number of hydrogen-bond donors (Lipinski definition) is 1. The monoisotopic (exact) mass is 415 g/mol. The van der Waals surface area contributed by atoms with Gasteiger partial charge in [-0.05, 0) is 24.6 Å². The number of anilines is 1. The van der Waals surface area contributed by atoms with Crippen LogP contribution < -0.4 is 5.32 Å². The molecule has 1 N–H and O–H groups in total. The predicted octanol–water partition coefficient (Wildman–Crippen LogP) is 3.94. The molecule has 0 radical (unpaired) electrons. The first-order valence-corrected chi connectivity index (χ1v) is 8.52. The Kier molecular flexibility index (Phi) is 6.26. The Morgan fingerprint density at radius 3 is 2.57 bits per heavy atom. The van der Waals surface area contributed by atoms with Crippen molar-refractivity contribution < 1.29 is 4.79 Å². The van der Waals surface area contributed by atoms with Gasteiger partial charge in [0.1, 0.15) is 0 Å². The molecule has 1 saturated heterocycles. The van der Waals surface area contributed by atoms with Crippen LogP contribution in [-0.2, 0) is 0 Å². The third-order valence-corrected chi connectivity index (χ3v) is 4.29. The van der Waals surface area contributed by atoms with Crippen molar-refractivity contribution in [2.45, 2.75) is 6.42 Å². The minimum Gasteiger partial charge on any atom is -0.323 e. The Balaban J connectivity index is 1.95. The number of hydrogen-bond acceptors (Lipinski definition) is 2. The van der Waals surface area contributed by atoms with E-state index in [0.717, 1.165) is 53.8 Å². The van der Waals surface area contributed by atoms with Crippen LogP contribution in [0.4, 0.5) is 10.5 Å². The van der Waals surface area contributed by atoms with E-state index >= 15 is 0 Å². The Morgan fingerprint density at radius 1 is 1.19 bits per heavy atom. The molecule has 0 bridgehead atoms. The molecule has 0 aliphatic carbocycles. The van der Waals surface area contributed by atoms with Crippen LogP contribution in [-0.4, -0.2) is 48.6 Å². The van der Waals surface area contributed by atoms with E-state index in [9.17, 15) is 4.79 Å². The molecule has 1 aliphatic rings. The summed E-state index contributed by atoms with van der Waals surface area (Å²) in [6, 6.07) is 5.68. The minimum absolute atomic E-state index is 0.0412. The highest BCUT2D eigenvalue weighted by Crippen LogP contribution is 2.23. The number of nitrogens with zero attached hydrogens (tertiary/aromatic N) is 2. The van der Waals surface area contributed by atoms with E-state index in [1.807, 2.05) is 29.2 Å². The zero-order valence-electron chi connectivity index (χ0n) is 11.8. The summed E-state index contributed by atoms with van der Waals surface area (Å²) < 4.78 is 1.86. The normalized spacial score (nSPS) is 16.4. The summed E-state index contributed by atoms with van der Waals surface area (Å²) in [5.41, 5.74) is 0.786. The van der Waals surface area contributed by atoms with Crippen LogP contribution in [0.5, 0.6) is 0 Å². The summed E-state index contributed by atoms with van der Waals surface area (Å²) in [4.78, 5) is 16.5. The van der Waals surface area contributed by atoms with Crippen molar-refractivity contribution >= 4 is 43.6 Å². The predicted molar refractivity (Wildman–Crippen MR) is 93.7 cm³/mol. The highest BCUT2D eigenvalue weighted by atomic mass is 79.9. The van der Waals surface area contributed by atoms with Gasteiger partial charge < -0.3 is 10.2 Å². The summed E-state index contributed by atoms with van der Waals surface area (Å²) in [5, 5.41) is 2.96. The maximum atomic E-state index is 12.4. The van der Waals surface area contributed by atoms with Crippen molar-refractivity contribution in [2.24, 2.45) is 0 Å². The zero-order valence-corrected chi connectivity index (χ0v) is 15.0. The number of urea groups is 1. The number of benzene rings is 1. The Hall–Kier alpha value is -0.850. The average Bonchev–Trinajstić information content (AvgIpc) is 2.63. The number of amides is 2. The molecule has 2 rings (SSSR count). The maximum absolute atomic E-state index is 12.4. The highest BCUT2D eigenvalue weighted by molar-refractivity contribution is 9.11. The summed E-state index contributed by atoms with van der Waals surface area (Å²) in [6.07, 6.45) is 2.90. The molecule has 1 aliphatic heterocycles. The molecule has 21 heavy (non-hydrogen) atoms. The number of halogens is 2. The molecule has 1 aromatic rings. The van der Waals surface area contributed by atoms with Gasteiger partial charge in [0.2, 0.25) is 0 Å². The molecule has 114 valence electrons. The molecular weight excluding hydrogens is 398 g/mol. The molecule has 0 atom stereocenters. The largest absolute Gasteiger partial charge is 0.323 e. The number of rotatable bonds is 3. The lowest BCUT2D eigenvalue weighted by atomic mass is 10.3. The first kappa shape index (κ1) is 16.5. The topological polar surface area (TPSA) is 35.6 Å². The van der Waals surface area contributed by atoms with Crippen molar-refractivity contribution in [3.63, 3.8) is 0 Å². The van der Waals surface area contributed by atoms with Crippen molar-refractivity contribution in [3.05, 3.63) is 39.8 Å². The van der Waals surface area contributed by atoms with Crippen LogP contribution >= 0.6 is 31.9 Å². The van der Waals surface area contributed by atoms with Crippen LogP contribution in [0, 0.1) is 0 Å². The first-order chi connectivity index (χ1) is 10.1. The average molecular weight is 417 g/mol. The van der Waals surface area contributed by atoms with Gasteiger partial charge in [0, 0.05) is 47.4 Å². The van der Waals surface area contributed by atoms with Crippen molar-refractivity contribution in [3.8, 4) is 0 Å². The molecule has 4 nitrogen and oxygen atoms in total. The summed E-state index contributed by atoms with van der Waals surface area (Å²) in [5.74, 6) is 0. The highest BCUT2D eigenvalue weighted by Gasteiger charge is 2.18. The second-order valence-corrected chi connectivity index (χ2v) is 6.85. The molecule has 1 fully saturated rings. The van der Waals surface area contributed by atoms with Crippen LogP contribution in [0.1, 0.15) is 6.42 Å². The van der Waals surface area contributed by atoms with E-state index in [1.165, 1.54) is 0 Å². The van der Waals surface area contributed by atoms with E-state index in [1.54, 1.807) is 0 Å². The molecule has 0 aromatic heterocycles. The van der Waals surface area contributed by atoms with Gasteiger partial charge in [-0.25, -0.2) is 4.79 Å². The molecule has 0 unspecified atom stereocenters. The molecule has 1 heterocycles. The molecule has 0 spiro atoms. The third-order valence-electron chi connectivity index (χ3n) is 3.38. The van der Waals surface area contributed by atoms with Crippen LogP contribution in [0.25, 0.3) is 0 Å². The van der Waals surface area contributed by atoms with E-state index in [4.69, 9.17) is 0 Å². The lowest BCUT2D eigenvalue weighted by Crippen LogP contribution is -2.38. The van der Waals surface area contributed by atoms with Crippen molar-refractivity contribution in [2.75, 3.05) is 38.0 Å². The first-order valence-electron chi connectivity index (χ1n) is 6.94. The van der Waals surface area contributed by atoms with Crippen LogP contribution in [0.3, 0.4) is 0 Å². The Morgan fingerprint density at radius 2 is 1.90 bits per heavy atom. The van der Waals surface area contributed by atoms with Gasteiger partial charge >= 0.3 is 6.03 Å². The summed E-state index contributed by atoms with van der Waals surface area (Å²) >= 11 is 6.85. The second kappa shape index (κ2) is 7.96.